The molecule has 0 aromatic carbocycles. The fraction of sp³-hybridized carbons (Fsp3) is 0.286. The molecule has 2 N–H and O–H groups in total. The highest BCUT2D eigenvalue weighted by molar-refractivity contribution is 5.82. The predicted octanol–water partition coefficient (Wildman–Crippen LogP) is 2.24. The van der Waals surface area contributed by atoms with E-state index in [2.05, 4.69) is 30.2 Å². The summed E-state index contributed by atoms with van der Waals surface area (Å²) in [5.41, 5.74) is 2.73. The highest BCUT2D eigenvalue weighted by Gasteiger charge is 2.27. The average molecular weight is 266 g/mol. The Morgan fingerprint density at radius 3 is 3.05 bits per heavy atom. The standard InChI is InChI=1S/C14H14N6/c1-2-9(6-15-5-1)7-16-13-11-14(18-8-17-13)20-12(19-11)10-3-4-10/h1-2,5-6,8,10H,3-4,7H2,(H2,16,17,18,19,20). The number of hydrogen-bond donors (Lipinski definition) is 2. The van der Waals surface area contributed by atoms with E-state index < -0.39 is 0 Å². The molecular weight excluding hydrogens is 252 g/mol. The molecule has 100 valence electrons. The molecule has 4 rings (SSSR count). The fourth-order valence-electron chi connectivity index (χ4n) is 2.22. The molecule has 0 unspecified atom stereocenters. The van der Waals surface area contributed by atoms with E-state index in [9.17, 15) is 0 Å². The molecule has 20 heavy (non-hydrogen) atoms. The van der Waals surface area contributed by atoms with Gasteiger partial charge in [-0.1, -0.05) is 6.07 Å². The van der Waals surface area contributed by atoms with Gasteiger partial charge in [0, 0.05) is 24.9 Å². The second-order valence-corrected chi connectivity index (χ2v) is 5.03. The maximum atomic E-state index is 4.53. The lowest BCUT2D eigenvalue weighted by atomic mass is 10.3. The SMILES string of the molecule is c1cncc(CNc2ncnc3nc(C4CC4)[nH]c23)c1. The summed E-state index contributed by atoms with van der Waals surface area (Å²) in [4.78, 5) is 20.5. The Bertz CT molecular complexity index is 732. The van der Waals surface area contributed by atoms with Crippen LogP contribution in [0, 0.1) is 0 Å². The monoisotopic (exact) mass is 266 g/mol. The lowest BCUT2D eigenvalue weighted by Crippen LogP contribution is -2.02. The third-order valence-corrected chi connectivity index (χ3v) is 3.45. The average Bonchev–Trinajstić information content (AvgIpc) is 3.25. The van der Waals surface area contributed by atoms with Gasteiger partial charge in [-0.3, -0.25) is 4.98 Å². The highest BCUT2D eigenvalue weighted by Crippen LogP contribution is 2.39. The lowest BCUT2D eigenvalue weighted by Gasteiger charge is -2.05. The Hall–Kier alpha value is -2.50. The van der Waals surface area contributed by atoms with Gasteiger partial charge in [0.2, 0.25) is 0 Å². The van der Waals surface area contributed by atoms with E-state index in [-0.39, 0.29) is 0 Å². The van der Waals surface area contributed by atoms with E-state index in [1.807, 2.05) is 18.3 Å². The van der Waals surface area contributed by atoms with Gasteiger partial charge < -0.3 is 10.3 Å². The third kappa shape index (κ3) is 2.09. The first-order valence-corrected chi connectivity index (χ1v) is 6.73. The molecular formula is C14H14N6. The lowest BCUT2D eigenvalue weighted by molar-refractivity contribution is 0.983. The quantitative estimate of drug-likeness (QED) is 0.757. The number of nitrogens with one attached hydrogen (secondary N) is 2. The summed E-state index contributed by atoms with van der Waals surface area (Å²) in [5.74, 6) is 2.40. The smallest absolute Gasteiger partial charge is 0.183 e. The molecule has 0 radical (unpaired) electrons. The molecule has 3 aromatic heterocycles. The molecule has 0 atom stereocenters. The van der Waals surface area contributed by atoms with Crippen LogP contribution >= 0.6 is 0 Å². The van der Waals surface area contributed by atoms with Gasteiger partial charge >= 0.3 is 0 Å². The summed E-state index contributed by atoms with van der Waals surface area (Å²) in [7, 11) is 0. The van der Waals surface area contributed by atoms with E-state index in [1.54, 1.807) is 12.5 Å². The first-order valence-electron chi connectivity index (χ1n) is 6.73. The second kappa shape index (κ2) is 4.56. The van der Waals surface area contributed by atoms with Crippen LogP contribution in [0.4, 0.5) is 5.82 Å². The maximum absolute atomic E-state index is 4.53. The van der Waals surface area contributed by atoms with Gasteiger partial charge in [-0.05, 0) is 24.5 Å². The van der Waals surface area contributed by atoms with Crippen LogP contribution in [0.3, 0.4) is 0 Å². The van der Waals surface area contributed by atoms with Crippen LogP contribution in [0.15, 0.2) is 30.9 Å². The molecule has 3 heterocycles. The minimum Gasteiger partial charge on any atom is -0.364 e. The van der Waals surface area contributed by atoms with Gasteiger partial charge in [-0.25, -0.2) is 15.0 Å². The Labute approximate surface area is 115 Å². The van der Waals surface area contributed by atoms with Gasteiger partial charge in [0.15, 0.2) is 11.5 Å². The fourth-order valence-corrected chi connectivity index (χ4v) is 2.22. The normalized spacial score (nSPS) is 14.6. The van der Waals surface area contributed by atoms with E-state index in [4.69, 9.17) is 0 Å². The molecule has 1 fully saturated rings. The van der Waals surface area contributed by atoms with Crippen molar-refractivity contribution in [3.8, 4) is 0 Å². The number of anilines is 1. The zero-order valence-electron chi connectivity index (χ0n) is 10.9. The second-order valence-electron chi connectivity index (χ2n) is 5.03. The van der Waals surface area contributed by atoms with Crippen molar-refractivity contribution < 1.29 is 0 Å². The molecule has 1 saturated carbocycles. The van der Waals surface area contributed by atoms with Gasteiger partial charge in [0.05, 0.1) is 0 Å². The molecule has 0 bridgehead atoms. The highest BCUT2D eigenvalue weighted by atomic mass is 15.1. The molecule has 0 aliphatic heterocycles. The summed E-state index contributed by atoms with van der Waals surface area (Å²) in [5, 5.41) is 3.31. The maximum Gasteiger partial charge on any atom is 0.183 e. The first-order chi connectivity index (χ1) is 9.90. The number of imidazole rings is 1. The summed E-state index contributed by atoms with van der Waals surface area (Å²) in [6.07, 6.45) is 7.58. The van der Waals surface area contributed by atoms with E-state index in [0.29, 0.717) is 12.5 Å². The Morgan fingerprint density at radius 1 is 1.30 bits per heavy atom. The molecule has 6 nitrogen and oxygen atoms in total. The molecule has 1 aliphatic rings. The van der Waals surface area contributed by atoms with E-state index in [1.165, 1.54) is 12.8 Å². The molecule has 0 saturated heterocycles. The van der Waals surface area contributed by atoms with Gasteiger partial charge in [0.25, 0.3) is 0 Å². The van der Waals surface area contributed by atoms with Crippen LogP contribution in [-0.4, -0.2) is 24.9 Å². The Kier molecular flexibility index (Phi) is 2.58. The van der Waals surface area contributed by atoms with Gasteiger partial charge in [-0.2, -0.15) is 0 Å². The van der Waals surface area contributed by atoms with Crippen molar-refractivity contribution in [3.63, 3.8) is 0 Å². The van der Waals surface area contributed by atoms with E-state index >= 15 is 0 Å². The minimum absolute atomic E-state index is 0.579. The number of fused-ring (bicyclic) bond motifs is 1. The number of rotatable bonds is 4. The summed E-state index contributed by atoms with van der Waals surface area (Å²) in [6.45, 7) is 0.678. The van der Waals surface area contributed by atoms with Crippen molar-refractivity contribution in [2.45, 2.75) is 25.3 Å². The zero-order valence-corrected chi connectivity index (χ0v) is 10.9. The van der Waals surface area contributed by atoms with Crippen LogP contribution in [0.5, 0.6) is 0 Å². The van der Waals surface area contributed by atoms with Crippen molar-refractivity contribution in [2.24, 2.45) is 0 Å². The summed E-state index contributed by atoms with van der Waals surface area (Å²) in [6, 6.07) is 3.95. The van der Waals surface area contributed by atoms with Crippen LogP contribution in [0.25, 0.3) is 11.2 Å². The first kappa shape index (κ1) is 11.3. The van der Waals surface area contributed by atoms with Crippen LogP contribution in [-0.2, 0) is 6.54 Å². The van der Waals surface area contributed by atoms with Crippen molar-refractivity contribution >= 4 is 17.0 Å². The van der Waals surface area contributed by atoms with Gasteiger partial charge in [0.1, 0.15) is 17.7 Å². The summed E-state index contributed by atoms with van der Waals surface area (Å²) < 4.78 is 0. The predicted molar refractivity (Wildman–Crippen MR) is 75.2 cm³/mol. The van der Waals surface area contributed by atoms with Crippen molar-refractivity contribution in [2.75, 3.05) is 5.32 Å². The van der Waals surface area contributed by atoms with Crippen LogP contribution in [0.2, 0.25) is 0 Å². The van der Waals surface area contributed by atoms with Gasteiger partial charge in [-0.15, -0.1) is 0 Å². The number of aromatic nitrogens is 5. The molecule has 0 spiro atoms. The number of H-pyrrole nitrogens is 1. The number of pyridine rings is 1. The van der Waals surface area contributed by atoms with Crippen LogP contribution < -0.4 is 5.32 Å². The minimum atomic E-state index is 0.579. The Balaban J connectivity index is 1.62. The van der Waals surface area contributed by atoms with Crippen molar-refractivity contribution in [3.05, 3.63) is 42.2 Å². The molecule has 3 aromatic rings. The molecule has 1 aliphatic carbocycles. The van der Waals surface area contributed by atoms with Crippen LogP contribution in [0.1, 0.15) is 30.1 Å². The Morgan fingerprint density at radius 2 is 2.25 bits per heavy atom. The molecule has 6 heteroatoms. The van der Waals surface area contributed by atoms with E-state index in [0.717, 1.165) is 28.4 Å². The van der Waals surface area contributed by atoms with Crippen molar-refractivity contribution in [1.29, 1.82) is 0 Å². The largest absolute Gasteiger partial charge is 0.364 e. The number of hydrogen-bond acceptors (Lipinski definition) is 5. The zero-order chi connectivity index (χ0) is 13.4. The topological polar surface area (TPSA) is 79.4 Å². The third-order valence-electron chi connectivity index (χ3n) is 3.45. The van der Waals surface area contributed by atoms with Crippen molar-refractivity contribution in [1.82, 2.24) is 24.9 Å². The summed E-state index contributed by atoms with van der Waals surface area (Å²) >= 11 is 0. The number of nitrogens with zero attached hydrogens (tertiary/aromatic N) is 4. The molecule has 0 amide bonds. The number of aromatic amines is 1.